The number of fused-ring (bicyclic) bond motifs is 5. The van der Waals surface area contributed by atoms with Crippen molar-refractivity contribution in [2.24, 2.45) is 0 Å². The van der Waals surface area contributed by atoms with Crippen LogP contribution in [0.25, 0.3) is 77.6 Å². The van der Waals surface area contributed by atoms with Crippen LogP contribution in [0.1, 0.15) is 0 Å². The summed E-state index contributed by atoms with van der Waals surface area (Å²) in [5, 5.41) is 6.73. The molecule has 8 aromatic rings. The van der Waals surface area contributed by atoms with Crippen molar-refractivity contribution in [3.63, 3.8) is 0 Å². The zero-order valence-electron chi connectivity index (χ0n) is 20.9. The standard InChI is InChI=1S/C35H21N3O/c1-2-10-23(11-3-1)33-36-34(38-35(37-33)29-15-8-12-22-9-4-5-13-27(22)29)25-18-17-24-20-30-28-14-6-7-16-31(28)39-32(30)21-26(24)19-25/h1-21H. The first-order chi connectivity index (χ1) is 19.3. The van der Waals surface area contributed by atoms with Crippen molar-refractivity contribution in [2.45, 2.75) is 0 Å². The van der Waals surface area contributed by atoms with Crippen LogP contribution in [0.2, 0.25) is 0 Å². The Bertz CT molecular complexity index is 2180. The van der Waals surface area contributed by atoms with Crippen molar-refractivity contribution < 1.29 is 4.42 Å². The summed E-state index contributed by atoms with van der Waals surface area (Å²) in [6.07, 6.45) is 0. The lowest BCUT2D eigenvalue weighted by Crippen LogP contribution is -2.00. The van der Waals surface area contributed by atoms with Gasteiger partial charge in [0.1, 0.15) is 11.2 Å². The molecule has 0 N–H and O–H groups in total. The van der Waals surface area contributed by atoms with Crippen LogP contribution < -0.4 is 0 Å². The van der Waals surface area contributed by atoms with Gasteiger partial charge in [-0.15, -0.1) is 0 Å². The van der Waals surface area contributed by atoms with Gasteiger partial charge in [0, 0.05) is 27.5 Å². The molecular weight excluding hydrogens is 478 g/mol. The first kappa shape index (κ1) is 21.7. The number of para-hydroxylation sites is 1. The fraction of sp³-hybridized carbons (Fsp3) is 0. The number of nitrogens with zero attached hydrogens (tertiary/aromatic N) is 3. The molecule has 0 atom stereocenters. The predicted octanol–water partition coefficient (Wildman–Crippen LogP) is 9.08. The first-order valence-corrected chi connectivity index (χ1v) is 13.0. The third-order valence-electron chi connectivity index (χ3n) is 7.29. The van der Waals surface area contributed by atoms with Crippen LogP contribution in [0.4, 0.5) is 0 Å². The van der Waals surface area contributed by atoms with E-state index in [0.29, 0.717) is 17.5 Å². The molecular formula is C35H21N3O. The fourth-order valence-electron chi connectivity index (χ4n) is 5.37. The second kappa shape index (κ2) is 8.61. The van der Waals surface area contributed by atoms with Crippen molar-refractivity contribution in [2.75, 3.05) is 0 Å². The van der Waals surface area contributed by atoms with E-state index in [-0.39, 0.29) is 0 Å². The van der Waals surface area contributed by atoms with E-state index in [0.717, 1.165) is 60.2 Å². The topological polar surface area (TPSA) is 51.8 Å². The summed E-state index contributed by atoms with van der Waals surface area (Å²) in [6, 6.07) is 43.5. The van der Waals surface area contributed by atoms with Crippen LogP contribution in [0.3, 0.4) is 0 Å². The lowest BCUT2D eigenvalue weighted by Gasteiger charge is -2.11. The fourth-order valence-corrected chi connectivity index (χ4v) is 5.37. The van der Waals surface area contributed by atoms with Gasteiger partial charge in [-0.25, -0.2) is 15.0 Å². The molecule has 0 aliphatic heterocycles. The lowest BCUT2D eigenvalue weighted by atomic mass is 10.0. The number of benzene rings is 6. The third kappa shape index (κ3) is 3.65. The third-order valence-corrected chi connectivity index (χ3v) is 7.29. The van der Waals surface area contributed by atoms with Crippen LogP contribution in [0.5, 0.6) is 0 Å². The van der Waals surface area contributed by atoms with Gasteiger partial charge < -0.3 is 4.42 Å². The molecule has 6 aromatic carbocycles. The number of rotatable bonds is 3. The normalized spacial score (nSPS) is 11.6. The first-order valence-electron chi connectivity index (χ1n) is 13.0. The van der Waals surface area contributed by atoms with Gasteiger partial charge in [0.2, 0.25) is 0 Å². The molecule has 39 heavy (non-hydrogen) atoms. The molecule has 0 aliphatic rings. The molecule has 2 heterocycles. The second-order valence-corrected chi connectivity index (χ2v) is 9.71. The average Bonchev–Trinajstić information content (AvgIpc) is 3.37. The SMILES string of the molecule is c1ccc(-c2nc(-c3ccc4cc5c(cc4c3)oc3ccccc35)nc(-c3cccc4ccccc34)n2)cc1. The molecule has 0 unspecified atom stereocenters. The van der Waals surface area contributed by atoms with E-state index in [9.17, 15) is 0 Å². The zero-order chi connectivity index (χ0) is 25.8. The molecule has 0 radical (unpaired) electrons. The van der Waals surface area contributed by atoms with Gasteiger partial charge in [-0.1, -0.05) is 103 Å². The number of hydrogen-bond acceptors (Lipinski definition) is 4. The van der Waals surface area contributed by atoms with Gasteiger partial charge in [-0.3, -0.25) is 0 Å². The summed E-state index contributed by atoms with van der Waals surface area (Å²) in [6.45, 7) is 0. The van der Waals surface area contributed by atoms with Gasteiger partial charge in [-0.05, 0) is 45.8 Å². The molecule has 0 bridgehead atoms. The van der Waals surface area contributed by atoms with Gasteiger partial charge in [-0.2, -0.15) is 0 Å². The molecule has 0 aliphatic carbocycles. The largest absolute Gasteiger partial charge is 0.456 e. The highest BCUT2D eigenvalue weighted by molar-refractivity contribution is 6.10. The number of furan rings is 1. The maximum atomic E-state index is 6.16. The quantitative estimate of drug-likeness (QED) is 0.243. The molecule has 0 fully saturated rings. The Hall–Kier alpha value is -5.35. The van der Waals surface area contributed by atoms with E-state index in [1.54, 1.807) is 0 Å². The van der Waals surface area contributed by atoms with Crippen molar-refractivity contribution >= 4 is 43.5 Å². The summed E-state index contributed by atoms with van der Waals surface area (Å²) in [7, 11) is 0. The smallest absolute Gasteiger partial charge is 0.164 e. The van der Waals surface area contributed by atoms with Gasteiger partial charge >= 0.3 is 0 Å². The van der Waals surface area contributed by atoms with E-state index >= 15 is 0 Å². The minimum absolute atomic E-state index is 0.637. The van der Waals surface area contributed by atoms with Crippen LogP contribution in [-0.2, 0) is 0 Å². The molecule has 8 rings (SSSR count). The Morgan fingerprint density at radius 1 is 0.385 bits per heavy atom. The summed E-state index contributed by atoms with van der Waals surface area (Å²) in [4.78, 5) is 14.9. The minimum Gasteiger partial charge on any atom is -0.456 e. The predicted molar refractivity (Wildman–Crippen MR) is 158 cm³/mol. The van der Waals surface area contributed by atoms with E-state index in [1.165, 1.54) is 0 Å². The molecule has 2 aromatic heterocycles. The van der Waals surface area contributed by atoms with E-state index in [1.807, 2.05) is 54.6 Å². The van der Waals surface area contributed by atoms with Crippen LogP contribution in [0, 0.1) is 0 Å². The Morgan fingerprint density at radius 2 is 1.10 bits per heavy atom. The van der Waals surface area contributed by atoms with Gasteiger partial charge in [0.05, 0.1) is 0 Å². The van der Waals surface area contributed by atoms with Crippen molar-refractivity contribution in [3.8, 4) is 34.2 Å². The molecule has 0 spiro atoms. The van der Waals surface area contributed by atoms with Gasteiger partial charge in [0.15, 0.2) is 17.5 Å². The number of hydrogen-bond donors (Lipinski definition) is 0. The van der Waals surface area contributed by atoms with Crippen LogP contribution in [-0.4, -0.2) is 15.0 Å². The Balaban J connectivity index is 1.34. The zero-order valence-corrected chi connectivity index (χ0v) is 20.9. The summed E-state index contributed by atoms with van der Waals surface area (Å²) >= 11 is 0. The van der Waals surface area contributed by atoms with Crippen molar-refractivity contribution in [1.29, 1.82) is 0 Å². The van der Waals surface area contributed by atoms with E-state index < -0.39 is 0 Å². The molecule has 0 saturated carbocycles. The molecule has 4 heteroatoms. The highest BCUT2D eigenvalue weighted by Gasteiger charge is 2.15. The van der Waals surface area contributed by atoms with Crippen LogP contribution >= 0.6 is 0 Å². The molecule has 0 amide bonds. The summed E-state index contributed by atoms with van der Waals surface area (Å²) in [5.41, 5.74) is 4.63. The Morgan fingerprint density at radius 3 is 2.00 bits per heavy atom. The average molecular weight is 500 g/mol. The Kier molecular flexibility index (Phi) is 4.79. The maximum absolute atomic E-state index is 6.16. The minimum atomic E-state index is 0.637. The lowest BCUT2D eigenvalue weighted by molar-refractivity contribution is 0.669. The van der Waals surface area contributed by atoms with Gasteiger partial charge in [0.25, 0.3) is 0 Å². The summed E-state index contributed by atoms with van der Waals surface area (Å²) in [5.74, 6) is 1.94. The van der Waals surface area contributed by atoms with E-state index in [4.69, 9.17) is 19.4 Å². The van der Waals surface area contributed by atoms with Crippen molar-refractivity contribution in [3.05, 3.63) is 127 Å². The Labute approximate surface area is 224 Å². The van der Waals surface area contributed by atoms with E-state index in [2.05, 4.69) is 72.8 Å². The van der Waals surface area contributed by atoms with Crippen molar-refractivity contribution in [1.82, 2.24) is 15.0 Å². The summed E-state index contributed by atoms with van der Waals surface area (Å²) < 4.78 is 6.16. The highest BCUT2D eigenvalue weighted by Crippen LogP contribution is 2.34. The molecule has 4 nitrogen and oxygen atoms in total. The monoisotopic (exact) mass is 499 g/mol. The molecule has 0 saturated heterocycles. The van der Waals surface area contributed by atoms with Crippen LogP contribution in [0.15, 0.2) is 132 Å². The number of aromatic nitrogens is 3. The maximum Gasteiger partial charge on any atom is 0.164 e. The second-order valence-electron chi connectivity index (χ2n) is 9.71. The highest BCUT2D eigenvalue weighted by atomic mass is 16.3. The molecule has 182 valence electrons.